The van der Waals surface area contributed by atoms with Crippen LogP contribution in [0.2, 0.25) is 0 Å². The van der Waals surface area contributed by atoms with Crippen LogP contribution in [0, 0.1) is 0 Å². The molecule has 0 spiro atoms. The predicted octanol–water partition coefficient (Wildman–Crippen LogP) is 4.07. The standard InChI is InChI=1S/C25H37NO10/c1-8-9-22(27)33-16(6)17(7)34-23(28)19(26)12-18-10-11-20(35-24(29)31-14(2)3)21(13-18)36-25(30)32-15(4)5/h10-11,13-17,19H,8-9,12,26H2,1-7H3/t16-,17-,19-/m0/s1. The van der Waals surface area contributed by atoms with E-state index in [0.29, 0.717) is 12.0 Å². The van der Waals surface area contributed by atoms with Crippen LogP contribution in [0.1, 0.15) is 66.9 Å². The van der Waals surface area contributed by atoms with Crippen molar-refractivity contribution in [3.05, 3.63) is 23.8 Å². The number of carbonyl (C=O) groups excluding carboxylic acids is 4. The van der Waals surface area contributed by atoms with Gasteiger partial charge in [-0.15, -0.1) is 0 Å². The number of benzene rings is 1. The average molecular weight is 512 g/mol. The van der Waals surface area contributed by atoms with Gasteiger partial charge in [0.2, 0.25) is 0 Å². The van der Waals surface area contributed by atoms with E-state index in [2.05, 4.69) is 0 Å². The normalized spacial score (nSPS) is 13.4. The van der Waals surface area contributed by atoms with Crippen molar-refractivity contribution in [3.63, 3.8) is 0 Å². The minimum absolute atomic E-state index is 0.0157. The zero-order valence-electron chi connectivity index (χ0n) is 21.9. The van der Waals surface area contributed by atoms with Crippen LogP contribution in [0.5, 0.6) is 11.5 Å². The summed E-state index contributed by atoms with van der Waals surface area (Å²) in [6.45, 7) is 11.7. The maximum atomic E-state index is 12.5. The van der Waals surface area contributed by atoms with E-state index in [1.54, 1.807) is 47.6 Å². The first-order valence-corrected chi connectivity index (χ1v) is 11.9. The van der Waals surface area contributed by atoms with Crippen molar-refractivity contribution in [1.29, 1.82) is 0 Å². The number of esters is 2. The number of nitrogens with two attached hydrogens (primary N) is 1. The largest absolute Gasteiger partial charge is 0.514 e. The van der Waals surface area contributed by atoms with E-state index < -0.39 is 48.7 Å². The summed E-state index contributed by atoms with van der Waals surface area (Å²) in [4.78, 5) is 48.1. The Morgan fingerprint density at radius 1 is 0.778 bits per heavy atom. The minimum atomic E-state index is -1.07. The molecule has 11 nitrogen and oxygen atoms in total. The van der Waals surface area contributed by atoms with Gasteiger partial charge in [0.25, 0.3) is 0 Å². The molecule has 1 rings (SSSR count). The van der Waals surface area contributed by atoms with Gasteiger partial charge in [-0.3, -0.25) is 9.59 Å². The highest BCUT2D eigenvalue weighted by Gasteiger charge is 2.25. The highest BCUT2D eigenvalue weighted by Crippen LogP contribution is 2.30. The molecule has 0 aromatic heterocycles. The van der Waals surface area contributed by atoms with Crippen LogP contribution in [0.4, 0.5) is 9.59 Å². The van der Waals surface area contributed by atoms with Gasteiger partial charge >= 0.3 is 24.2 Å². The molecular formula is C25H37NO10. The molecular weight excluding hydrogens is 474 g/mol. The van der Waals surface area contributed by atoms with Crippen molar-refractivity contribution in [2.24, 2.45) is 5.73 Å². The molecule has 3 atom stereocenters. The maximum Gasteiger partial charge on any atom is 0.514 e. The lowest BCUT2D eigenvalue weighted by Gasteiger charge is -2.22. The number of rotatable bonds is 12. The zero-order valence-corrected chi connectivity index (χ0v) is 21.9. The van der Waals surface area contributed by atoms with Crippen LogP contribution in [0.25, 0.3) is 0 Å². The lowest BCUT2D eigenvalue weighted by atomic mass is 10.1. The summed E-state index contributed by atoms with van der Waals surface area (Å²) >= 11 is 0. The third-order valence-electron chi connectivity index (χ3n) is 4.55. The Morgan fingerprint density at radius 2 is 1.31 bits per heavy atom. The molecule has 0 saturated carbocycles. The van der Waals surface area contributed by atoms with Crippen LogP contribution >= 0.6 is 0 Å². The van der Waals surface area contributed by atoms with Crippen LogP contribution < -0.4 is 15.2 Å². The van der Waals surface area contributed by atoms with E-state index in [4.69, 9.17) is 34.2 Å². The van der Waals surface area contributed by atoms with Gasteiger partial charge in [0, 0.05) is 6.42 Å². The van der Waals surface area contributed by atoms with Crippen LogP contribution in [-0.4, -0.2) is 54.7 Å². The molecule has 0 unspecified atom stereocenters. The highest BCUT2D eigenvalue weighted by molar-refractivity contribution is 5.76. The molecule has 0 bridgehead atoms. The Hall–Kier alpha value is -3.34. The second kappa shape index (κ2) is 14.9. The van der Waals surface area contributed by atoms with Gasteiger partial charge in [-0.25, -0.2) is 9.59 Å². The molecule has 0 aliphatic rings. The van der Waals surface area contributed by atoms with Crippen molar-refractivity contribution in [2.75, 3.05) is 0 Å². The van der Waals surface area contributed by atoms with Gasteiger partial charge in [0.05, 0.1) is 12.2 Å². The summed E-state index contributed by atoms with van der Waals surface area (Å²) in [5.74, 6) is -1.29. The van der Waals surface area contributed by atoms with E-state index in [-0.39, 0.29) is 30.3 Å². The molecule has 202 valence electrons. The van der Waals surface area contributed by atoms with Crippen molar-refractivity contribution in [3.8, 4) is 11.5 Å². The lowest BCUT2D eigenvalue weighted by molar-refractivity contribution is -0.166. The summed E-state index contributed by atoms with van der Waals surface area (Å²) in [7, 11) is 0. The molecule has 2 N–H and O–H groups in total. The summed E-state index contributed by atoms with van der Waals surface area (Å²) in [6, 6.07) is 3.25. The van der Waals surface area contributed by atoms with Crippen LogP contribution in [-0.2, 0) is 35.0 Å². The van der Waals surface area contributed by atoms with Crippen LogP contribution in [0.3, 0.4) is 0 Å². The third-order valence-corrected chi connectivity index (χ3v) is 4.55. The first-order chi connectivity index (χ1) is 16.8. The lowest BCUT2D eigenvalue weighted by Crippen LogP contribution is -2.39. The van der Waals surface area contributed by atoms with Crippen molar-refractivity contribution >= 4 is 24.2 Å². The van der Waals surface area contributed by atoms with Crippen molar-refractivity contribution in [2.45, 2.75) is 98.2 Å². The van der Waals surface area contributed by atoms with E-state index in [1.165, 1.54) is 12.1 Å². The topological polar surface area (TPSA) is 150 Å². The molecule has 36 heavy (non-hydrogen) atoms. The SMILES string of the molecule is CCCC(=O)O[C@@H](C)[C@H](C)OC(=O)[C@@H](N)Cc1ccc(OC(=O)OC(C)C)c(OC(=O)OC(C)C)c1. The molecule has 0 aliphatic carbocycles. The first-order valence-electron chi connectivity index (χ1n) is 11.9. The van der Waals surface area contributed by atoms with Gasteiger partial charge in [-0.05, 0) is 72.1 Å². The monoisotopic (exact) mass is 511 g/mol. The number of ether oxygens (including phenoxy) is 6. The van der Waals surface area contributed by atoms with Gasteiger partial charge in [-0.1, -0.05) is 13.0 Å². The smallest absolute Gasteiger partial charge is 0.459 e. The molecule has 0 aliphatic heterocycles. The Bertz CT molecular complexity index is 899. The molecule has 0 saturated heterocycles. The predicted molar refractivity (Wildman–Crippen MR) is 129 cm³/mol. The van der Waals surface area contributed by atoms with Gasteiger partial charge in [0.15, 0.2) is 11.5 Å². The quantitative estimate of drug-likeness (QED) is 0.246. The fourth-order valence-electron chi connectivity index (χ4n) is 2.73. The molecule has 11 heteroatoms. The summed E-state index contributed by atoms with van der Waals surface area (Å²) in [5.41, 5.74) is 6.51. The zero-order chi connectivity index (χ0) is 27.4. The van der Waals surface area contributed by atoms with Gasteiger partial charge in [0.1, 0.15) is 18.2 Å². The molecule has 0 amide bonds. The molecule has 1 aromatic carbocycles. The first kappa shape index (κ1) is 30.7. The number of hydrogen-bond acceptors (Lipinski definition) is 11. The second-order valence-corrected chi connectivity index (χ2v) is 8.72. The van der Waals surface area contributed by atoms with Crippen molar-refractivity contribution in [1.82, 2.24) is 0 Å². The second-order valence-electron chi connectivity index (χ2n) is 8.72. The van der Waals surface area contributed by atoms with Gasteiger partial charge in [-0.2, -0.15) is 0 Å². The van der Waals surface area contributed by atoms with E-state index in [1.807, 2.05) is 6.92 Å². The fraction of sp³-hybridized carbons (Fsp3) is 0.600. The minimum Gasteiger partial charge on any atom is -0.459 e. The molecule has 0 heterocycles. The third kappa shape index (κ3) is 11.4. The Kier molecular flexibility index (Phi) is 12.7. The Morgan fingerprint density at radius 3 is 1.83 bits per heavy atom. The Labute approximate surface area is 211 Å². The Balaban J connectivity index is 2.92. The fourth-order valence-corrected chi connectivity index (χ4v) is 2.73. The summed E-state index contributed by atoms with van der Waals surface area (Å²) < 4.78 is 30.8. The number of hydrogen-bond donors (Lipinski definition) is 1. The summed E-state index contributed by atoms with van der Waals surface area (Å²) in [6.07, 6.45) is -3.27. The highest BCUT2D eigenvalue weighted by atomic mass is 16.7. The van der Waals surface area contributed by atoms with Crippen LogP contribution in [0.15, 0.2) is 18.2 Å². The van der Waals surface area contributed by atoms with Crippen molar-refractivity contribution < 1.29 is 47.6 Å². The summed E-state index contributed by atoms with van der Waals surface area (Å²) in [5, 5.41) is 0. The molecule has 1 aromatic rings. The molecule has 0 radical (unpaired) electrons. The van der Waals surface area contributed by atoms with E-state index in [9.17, 15) is 19.2 Å². The van der Waals surface area contributed by atoms with E-state index in [0.717, 1.165) is 0 Å². The number of carbonyl (C=O) groups is 4. The van der Waals surface area contributed by atoms with E-state index >= 15 is 0 Å². The molecule has 0 fully saturated rings. The van der Waals surface area contributed by atoms with Gasteiger partial charge < -0.3 is 34.2 Å². The average Bonchev–Trinajstić information content (AvgIpc) is 2.74. The maximum absolute atomic E-state index is 12.5.